The Labute approximate surface area is 149 Å². The summed E-state index contributed by atoms with van der Waals surface area (Å²) in [6, 6.07) is 13.9. The first kappa shape index (κ1) is 17.2. The van der Waals surface area contributed by atoms with E-state index in [9.17, 15) is 4.79 Å². The minimum atomic E-state index is -0.000345. The maximum Gasteiger partial charge on any atom is 0.237 e. The molecule has 0 bridgehead atoms. The van der Waals surface area contributed by atoms with E-state index in [2.05, 4.69) is 40.2 Å². The third-order valence-electron chi connectivity index (χ3n) is 4.74. The van der Waals surface area contributed by atoms with E-state index in [0.29, 0.717) is 12.2 Å². The third-order valence-corrected chi connectivity index (χ3v) is 4.74. The van der Waals surface area contributed by atoms with Gasteiger partial charge in [0.1, 0.15) is 0 Å². The van der Waals surface area contributed by atoms with Crippen molar-refractivity contribution >= 4 is 11.6 Å². The molecule has 0 saturated carbocycles. The zero-order valence-corrected chi connectivity index (χ0v) is 14.7. The van der Waals surface area contributed by atoms with Crippen LogP contribution in [0.2, 0.25) is 0 Å². The normalized spacial score (nSPS) is 17.2. The average molecular weight is 333 g/mol. The highest BCUT2D eigenvalue weighted by molar-refractivity contribution is 5.82. The van der Waals surface area contributed by atoms with Crippen molar-refractivity contribution in [1.82, 2.24) is 10.2 Å². The van der Waals surface area contributed by atoms with Gasteiger partial charge in [-0.15, -0.1) is 0 Å². The molecule has 0 spiro atoms. The van der Waals surface area contributed by atoms with Crippen molar-refractivity contribution in [3.05, 3.63) is 65.0 Å². The standard InChI is InChI=1S/C21H23N3O/c1-15-10-16(14-23-21(25)20-8-5-9-24(20)3)12-18(11-15)17-6-4-7-19(13-17)22-2/h4,6-7,10-13,20H,5,8-9,14H2,1,3H3,(H,23,25)/t20-/m0/s1. The lowest BCUT2D eigenvalue weighted by Gasteiger charge is -2.19. The summed E-state index contributed by atoms with van der Waals surface area (Å²) in [7, 11) is 2.01. The fourth-order valence-corrected chi connectivity index (χ4v) is 3.43. The van der Waals surface area contributed by atoms with Gasteiger partial charge in [-0.05, 0) is 62.2 Å². The third kappa shape index (κ3) is 4.07. The maximum atomic E-state index is 12.4. The van der Waals surface area contributed by atoms with Crippen molar-refractivity contribution in [3.63, 3.8) is 0 Å². The van der Waals surface area contributed by atoms with Crippen molar-refractivity contribution < 1.29 is 4.79 Å². The van der Waals surface area contributed by atoms with Crippen molar-refractivity contribution in [1.29, 1.82) is 0 Å². The van der Waals surface area contributed by atoms with Gasteiger partial charge in [-0.25, -0.2) is 4.85 Å². The van der Waals surface area contributed by atoms with E-state index < -0.39 is 0 Å². The van der Waals surface area contributed by atoms with Crippen LogP contribution in [0.15, 0.2) is 42.5 Å². The Morgan fingerprint density at radius 3 is 2.84 bits per heavy atom. The van der Waals surface area contributed by atoms with E-state index in [-0.39, 0.29) is 11.9 Å². The maximum absolute atomic E-state index is 12.4. The second kappa shape index (κ2) is 7.50. The summed E-state index contributed by atoms with van der Waals surface area (Å²) in [5.74, 6) is 0.109. The van der Waals surface area contributed by atoms with Crippen molar-refractivity contribution in [3.8, 4) is 11.1 Å². The Hall–Kier alpha value is -2.64. The molecule has 0 radical (unpaired) electrons. The van der Waals surface area contributed by atoms with Gasteiger partial charge in [0.05, 0.1) is 12.6 Å². The number of carbonyl (C=O) groups excluding carboxylic acids is 1. The summed E-state index contributed by atoms with van der Waals surface area (Å²) in [5.41, 5.74) is 4.97. The van der Waals surface area contributed by atoms with E-state index in [4.69, 9.17) is 6.57 Å². The lowest BCUT2D eigenvalue weighted by molar-refractivity contribution is -0.125. The van der Waals surface area contributed by atoms with Crippen LogP contribution in [-0.4, -0.2) is 30.4 Å². The van der Waals surface area contributed by atoms with Crippen LogP contribution >= 0.6 is 0 Å². The number of likely N-dealkylation sites (tertiary alicyclic amines) is 1. The molecule has 1 aliphatic rings. The van der Waals surface area contributed by atoms with Gasteiger partial charge in [0.15, 0.2) is 5.69 Å². The fourth-order valence-electron chi connectivity index (χ4n) is 3.43. The minimum absolute atomic E-state index is 0.000345. The number of amides is 1. The Morgan fingerprint density at radius 1 is 1.28 bits per heavy atom. The first-order valence-corrected chi connectivity index (χ1v) is 8.63. The van der Waals surface area contributed by atoms with Crippen LogP contribution in [0.1, 0.15) is 24.0 Å². The lowest BCUT2D eigenvalue weighted by Crippen LogP contribution is -2.41. The molecule has 4 nitrogen and oxygen atoms in total. The van der Waals surface area contributed by atoms with Crippen LogP contribution in [0, 0.1) is 13.5 Å². The SMILES string of the molecule is [C-]#[N+]c1cccc(-c2cc(C)cc(CNC(=O)[C@@H]3CCCN3C)c2)c1. The van der Waals surface area contributed by atoms with Crippen LogP contribution in [0.3, 0.4) is 0 Å². The summed E-state index contributed by atoms with van der Waals surface area (Å²) in [6.07, 6.45) is 2.02. The molecule has 3 rings (SSSR count). The minimum Gasteiger partial charge on any atom is -0.351 e. The molecule has 1 fully saturated rings. The molecule has 1 N–H and O–H groups in total. The molecular formula is C21H23N3O. The molecule has 2 aromatic rings. The van der Waals surface area contributed by atoms with Crippen LogP contribution in [0.4, 0.5) is 5.69 Å². The van der Waals surface area contributed by atoms with E-state index in [1.807, 2.05) is 31.3 Å². The summed E-state index contributed by atoms with van der Waals surface area (Å²) in [5, 5.41) is 3.07. The molecule has 2 aromatic carbocycles. The van der Waals surface area contributed by atoms with Gasteiger partial charge in [0, 0.05) is 6.54 Å². The molecule has 0 aromatic heterocycles. The number of benzene rings is 2. The van der Waals surface area contributed by atoms with Crippen LogP contribution in [-0.2, 0) is 11.3 Å². The number of rotatable bonds is 4. The van der Waals surface area contributed by atoms with Gasteiger partial charge >= 0.3 is 0 Å². The quantitative estimate of drug-likeness (QED) is 0.861. The smallest absolute Gasteiger partial charge is 0.237 e. The zero-order valence-electron chi connectivity index (χ0n) is 14.7. The largest absolute Gasteiger partial charge is 0.351 e. The predicted octanol–water partition coefficient (Wildman–Crippen LogP) is 3.92. The number of nitrogens with one attached hydrogen (secondary N) is 1. The summed E-state index contributed by atoms with van der Waals surface area (Å²) < 4.78 is 0. The van der Waals surface area contributed by atoms with Gasteiger partial charge in [0.25, 0.3) is 0 Å². The Bertz CT molecular complexity index is 822. The molecule has 4 heteroatoms. The highest BCUT2D eigenvalue weighted by Crippen LogP contribution is 2.26. The van der Waals surface area contributed by atoms with E-state index >= 15 is 0 Å². The van der Waals surface area contributed by atoms with Crippen LogP contribution in [0.25, 0.3) is 16.0 Å². The second-order valence-electron chi connectivity index (χ2n) is 6.73. The fraction of sp³-hybridized carbons (Fsp3) is 0.333. The average Bonchev–Trinajstić information content (AvgIpc) is 3.05. The summed E-state index contributed by atoms with van der Waals surface area (Å²) in [6.45, 7) is 10.7. The highest BCUT2D eigenvalue weighted by Gasteiger charge is 2.27. The summed E-state index contributed by atoms with van der Waals surface area (Å²) in [4.78, 5) is 18.0. The van der Waals surface area contributed by atoms with Crippen molar-refractivity contribution in [2.45, 2.75) is 32.4 Å². The van der Waals surface area contributed by atoms with Crippen LogP contribution in [0.5, 0.6) is 0 Å². The number of nitrogens with zero attached hydrogens (tertiary/aromatic N) is 2. The molecule has 25 heavy (non-hydrogen) atoms. The van der Waals surface area contributed by atoms with E-state index in [1.54, 1.807) is 0 Å². The molecule has 1 amide bonds. The van der Waals surface area contributed by atoms with Gasteiger partial charge in [-0.3, -0.25) is 9.69 Å². The van der Waals surface area contributed by atoms with Gasteiger partial charge in [0.2, 0.25) is 5.91 Å². The molecule has 1 heterocycles. The zero-order chi connectivity index (χ0) is 17.8. The lowest BCUT2D eigenvalue weighted by atomic mass is 9.99. The highest BCUT2D eigenvalue weighted by atomic mass is 16.2. The summed E-state index contributed by atoms with van der Waals surface area (Å²) >= 11 is 0. The van der Waals surface area contributed by atoms with Crippen molar-refractivity contribution in [2.75, 3.05) is 13.6 Å². The van der Waals surface area contributed by atoms with Gasteiger partial charge in [-0.2, -0.15) is 0 Å². The Kier molecular flexibility index (Phi) is 5.16. The topological polar surface area (TPSA) is 36.7 Å². The Morgan fingerprint density at radius 2 is 2.12 bits per heavy atom. The molecule has 1 aliphatic heterocycles. The Balaban J connectivity index is 1.75. The van der Waals surface area contributed by atoms with Crippen molar-refractivity contribution in [2.24, 2.45) is 0 Å². The monoisotopic (exact) mass is 333 g/mol. The molecule has 0 unspecified atom stereocenters. The predicted molar refractivity (Wildman–Crippen MR) is 100 cm³/mol. The first-order valence-electron chi connectivity index (χ1n) is 8.63. The molecular weight excluding hydrogens is 310 g/mol. The number of aryl methyl sites for hydroxylation is 1. The number of carbonyl (C=O) groups is 1. The molecule has 0 aliphatic carbocycles. The van der Waals surface area contributed by atoms with Crippen LogP contribution < -0.4 is 5.32 Å². The van der Waals surface area contributed by atoms with E-state index in [0.717, 1.165) is 41.6 Å². The molecule has 128 valence electrons. The first-order chi connectivity index (χ1) is 12.1. The van der Waals surface area contributed by atoms with E-state index in [1.165, 1.54) is 0 Å². The number of hydrogen-bond donors (Lipinski definition) is 1. The molecule has 1 atom stereocenters. The molecule has 1 saturated heterocycles. The number of likely N-dealkylation sites (N-methyl/N-ethyl adjacent to an activating group) is 1. The van der Waals surface area contributed by atoms with Gasteiger partial charge < -0.3 is 5.32 Å². The van der Waals surface area contributed by atoms with Gasteiger partial charge in [-0.1, -0.05) is 35.9 Å². The number of hydrogen-bond acceptors (Lipinski definition) is 2. The second-order valence-corrected chi connectivity index (χ2v) is 6.73.